The van der Waals surface area contributed by atoms with Crippen molar-refractivity contribution >= 4 is 29.0 Å². The van der Waals surface area contributed by atoms with Gasteiger partial charge in [-0.3, -0.25) is 4.79 Å². The molecule has 26 heavy (non-hydrogen) atoms. The van der Waals surface area contributed by atoms with Gasteiger partial charge in [0.25, 0.3) is 0 Å². The van der Waals surface area contributed by atoms with E-state index in [1.165, 1.54) is 0 Å². The Morgan fingerprint density at radius 3 is 2.77 bits per heavy atom. The largest absolute Gasteiger partial charge is 0.493 e. The Hall–Kier alpha value is -2.34. The van der Waals surface area contributed by atoms with Crippen molar-refractivity contribution in [2.75, 3.05) is 37.2 Å². The van der Waals surface area contributed by atoms with Crippen LogP contribution in [0.15, 0.2) is 41.3 Å². The third-order valence-corrected chi connectivity index (χ3v) is 5.52. The van der Waals surface area contributed by atoms with Gasteiger partial charge in [-0.25, -0.2) is 0 Å². The van der Waals surface area contributed by atoms with Crippen molar-refractivity contribution in [1.82, 2.24) is 0 Å². The summed E-state index contributed by atoms with van der Waals surface area (Å²) < 4.78 is 10.6. The number of fused-ring (bicyclic) bond motifs is 1. The summed E-state index contributed by atoms with van der Waals surface area (Å²) in [5.74, 6) is 2.26. The molecule has 6 heteroatoms. The van der Waals surface area contributed by atoms with Crippen LogP contribution in [0.4, 0.5) is 11.4 Å². The number of nitrogens with two attached hydrogens (primary N) is 1. The SMILES string of the molecule is COc1ccc(SCCC(=O)N2CCCc3c(N)cccc32)cc1OC. The van der Waals surface area contributed by atoms with Gasteiger partial charge >= 0.3 is 0 Å². The molecular weight excluding hydrogens is 348 g/mol. The average Bonchev–Trinajstić information content (AvgIpc) is 2.67. The average molecular weight is 372 g/mol. The Morgan fingerprint density at radius 1 is 1.19 bits per heavy atom. The third-order valence-electron chi connectivity index (χ3n) is 4.53. The number of thioether (sulfide) groups is 1. The van der Waals surface area contributed by atoms with E-state index >= 15 is 0 Å². The van der Waals surface area contributed by atoms with Gasteiger partial charge in [-0.1, -0.05) is 6.07 Å². The highest BCUT2D eigenvalue weighted by Crippen LogP contribution is 2.34. The van der Waals surface area contributed by atoms with E-state index in [1.54, 1.807) is 26.0 Å². The molecule has 0 atom stereocenters. The van der Waals surface area contributed by atoms with Gasteiger partial charge in [0.15, 0.2) is 11.5 Å². The summed E-state index contributed by atoms with van der Waals surface area (Å²) in [6, 6.07) is 11.6. The minimum atomic E-state index is 0.143. The molecule has 2 aromatic rings. The van der Waals surface area contributed by atoms with Gasteiger partial charge < -0.3 is 20.1 Å². The molecule has 5 nitrogen and oxygen atoms in total. The Balaban J connectivity index is 1.61. The van der Waals surface area contributed by atoms with Gasteiger partial charge in [0.05, 0.1) is 14.2 Å². The number of ether oxygens (including phenoxy) is 2. The predicted octanol–water partition coefficient (Wildman–Crippen LogP) is 3.75. The smallest absolute Gasteiger partial charge is 0.227 e. The van der Waals surface area contributed by atoms with Gasteiger partial charge in [-0.05, 0) is 48.7 Å². The van der Waals surface area contributed by atoms with Crippen LogP contribution in [0.3, 0.4) is 0 Å². The summed E-state index contributed by atoms with van der Waals surface area (Å²) in [4.78, 5) is 15.6. The van der Waals surface area contributed by atoms with Crippen LogP contribution >= 0.6 is 11.8 Å². The molecule has 0 aliphatic carbocycles. The molecule has 0 fully saturated rings. The van der Waals surface area contributed by atoms with Crippen LogP contribution in [0.1, 0.15) is 18.4 Å². The van der Waals surface area contributed by atoms with Gasteiger partial charge in [-0.15, -0.1) is 11.8 Å². The highest BCUT2D eigenvalue weighted by Gasteiger charge is 2.23. The molecule has 0 saturated carbocycles. The van der Waals surface area contributed by atoms with Crippen LogP contribution in [-0.4, -0.2) is 32.4 Å². The van der Waals surface area contributed by atoms with E-state index in [0.717, 1.165) is 41.2 Å². The van der Waals surface area contributed by atoms with Gasteiger partial charge in [0, 0.05) is 35.0 Å². The zero-order valence-electron chi connectivity index (χ0n) is 15.2. The van der Waals surface area contributed by atoms with Crippen LogP contribution in [0.25, 0.3) is 0 Å². The van der Waals surface area contributed by atoms with Gasteiger partial charge in [0.1, 0.15) is 0 Å². The van der Waals surface area contributed by atoms with E-state index in [4.69, 9.17) is 15.2 Å². The zero-order chi connectivity index (χ0) is 18.5. The maximum Gasteiger partial charge on any atom is 0.227 e. The fraction of sp³-hybridized carbons (Fsp3) is 0.350. The van der Waals surface area contributed by atoms with Gasteiger partial charge in [0.2, 0.25) is 5.91 Å². The second-order valence-electron chi connectivity index (χ2n) is 6.11. The number of methoxy groups -OCH3 is 2. The zero-order valence-corrected chi connectivity index (χ0v) is 16.0. The molecule has 0 aromatic heterocycles. The van der Waals surface area contributed by atoms with Crippen LogP contribution in [0.2, 0.25) is 0 Å². The summed E-state index contributed by atoms with van der Waals surface area (Å²) in [5, 5.41) is 0. The maximum absolute atomic E-state index is 12.7. The van der Waals surface area contributed by atoms with Crippen molar-refractivity contribution in [3.63, 3.8) is 0 Å². The van der Waals surface area contributed by atoms with Gasteiger partial charge in [-0.2, -0.15) is 0 Å². The van der Waals surface area contributed by atoms with E-state index in [1.807, 2.05) is 41.3 Å². The van der Waals surface area contributed by atoms with Crippen molar-refractivity contribution in [2.45, 2.75) is 24.2 Å². The fourth-order valence-electron chi connectivity index (χ4n) is 3.21. The lowest BCUT2D eigenvalue weighted by Gasteiger charge is -2.30. The minimum Gasteiger partial charge on any atom is -0.493 e. The maximum atomic E-state index is 12.7. The van der Waals surface area contributed by atoms with E-state index < -0.39 is 0 Å². The highest BCUT2D eigenvalue weighted by atomic mass is 32.2. The van der Waals surface area contributed by atoms with Crippen molar-refractivity contribution in [3.05, 3.63) is 42.0 Å². The number of amides is 1. The molecule has 0 unspecified atom stereocenters. The lowest BCUT2D eigenvalue weighted by atomic mass is 9.99. The molecule has 0 saturated heterocycles. The highest BCUT2D eigenvalue weighted by molar-refractivity contribution is 7.99. The lowest BCUT2D eigenvalue weighted by molar-refractivity contribution is -0.118. The first kappa shape index (κ1) is 18.5. The second-order valence-corrected chi connectivity index (χ2v) is 7.28. The fourth-order valence-corrected chi connectivity index (χ4v) is 4.08. The third kappa shape index (κ3) is 3.90. The molecule has 0 bridgehead atoms. The summed E-state index contributed by atoms with van der Waals surface area (Å²) >= 11 is 1.64. The molecule has 1 heterocycles. The minimum absolute atomic E-state index is 0.143. The van der Waals surface area contributed by atoms with E-state index in [0.29, 0.717) is 23.7 Å². The first-order valence-electron chi connectivity index (χ1n) is 8.66. The number of hydrogen-bond acceptors (Lipinski definition) is 5. The molecular formula is C20H24N2O3S. The molecule has 138 valence electrons. The number of carbonyl (C=O) groups excluding carboxylic acids is 1. The molecule has 0 radical (unpaired) electrons. The lowest BCUT2D eigenvalue weighted by Crippen LogP contribution is -2.35. The predicted molar refractivity (Wildman–Crippen MR) is 106 cm³/mol. The van der Waals surface area contributed by atoms with Crippen LogP contribution in [-0.2, 0) is 11.2 Å². The van der Waals surface area contributed by atoms with Crippen molar-refractivity contribution in [1.29, 1.82) is 0 Å². The molecule has 2 N–H and O–H groups in total. The quantitative estimate of drug-likeness (QED) is 0.618. The van der Waals surface area contributed by atoms with E-state index in [-0.39, 0.29) is 5.91 Å². The van der Waals surface area contributed by atoms with Crippen LogP contribution in [0, 0.1) is 0 Å². The number of nitrogens with zero attached hydrogens (tertiary/aromatic N) is 1. The number of rotatable bonds is 6. The van der Waals surface area contributed by atoms with E-state index in [2.05, 4.69) is 0 Å². The number of nitrogen functional groups attached to an aromatic ring is 1. The van der Waals surface area contributed by atoms with Crippen LogP contribution in [0.5, 0.6) is 11.5 Å². The molecule has 1 amide bonds. The number of anilines is 2. The van der Waals surface area contributed by atoms with Crippen molar-refractivity contribution in [3.8, 4) is 11.5 Å². The summed E-state index contributed by atoms with van der Waals surface area (Å²) in [6.07, 6.45) is 2.37. The molecule has 1 aliphatic heterocycles. The van der Waals surface area contributed by atoms with Crippen molar-refractivity contribution in [2.24, 2.45) is 0 Å². The normalized spacial score (nSPS) is 13.2. The standard InChI is InChI=1S/C20H24N2O3S/c1-24-18-9-8-14(13-19(18)25-2)26-12-10-20(23)22-11-4-5-15-16(21)6-3-7-17(15)22/h3,6-9,13H,4-5,10-12,21H2,1-2H3. The Kier molecular flexibility index (Phi) is 5.93. The van der Waals surface area contributed by atoms with Crippen LogP contribution < -0.4 is 20.1 Å². The Labute approximate surface area is 158 Å². The number of hydrogen-bond donors (Lipinski definition) is 1. The summed E-state index contributed by atoms with van der Waals surface area (Å²) in [7, 11) is 3.24. The van der Waals surface area contributed by atoms with E-state index in [9.17, 15) is 4.79 Å². The molecule has 2 aromatic carbocycles. The first-order valence-corrected chi connectivity index (χ1v) is 9.65. The topological polar surface area (TPSA) is 64.8 Å². The second kappa shape index (κ2) is 8.36. The summed E-state index contributed by atoms with van der Waals surface area (Å²) in [5.41, 5.74) is 8.91. The Morgan fingerprint density at radius 2 is 2.00 bits per heavy atom. The molecule has 0 spiro atoms. The number of benzene rings is 2. The molecule has 1 aliphatic rings. The monoisotopic (exact) mass is 372 g/mol. The molecule has 3 rings (SSSR count). The Bertz CT molecular complexity index is 795. The number of carbonyl (C=O) groups is 1. The first-order chi connectivity index (χ1) is 12.6. The van der Waals surface area contributed by atoms with Crippen molar-refractivity contribution < 1.29 is 14.3 Å². The summed E-state index contributed by atoms with van der Waals surface area (Å²) in [6.45, 7) is 0.760.